The van der Waals surface area contributed by atoms with E-state index in [2.05, 4.69) is 12.2 Å². The number of hydrogen-bond donors (Lipinski definition) is 2. The zero-order valence-corrected chi connectivity index (χ0v) is 12.0. The number of nitrogens with one attached hydrogen (secondary N) is 1. The number of urea groups is 1. The van der Waals surface area contributed by atoms with Crippen molar-refractivity contribution in [3.05, 3.63) is 0 Å². The van der Waals surface area contributed by atoms with Crippen molar-refractivity contribution in [1.82, 2.24) is 10.2 Å². The normalized spacial score (nSPS) is 29.6. The Bertz CT molecular complexity index is 285. The van der Waals surface area contributed by atoms with E-state index in [1.807, 2.05) is 16.7 Å². The summed E-state index contributed by atoms with van der Waals surface area (Å²) in [5.41, 5.74) is 0. The molecule has 5 heteroatoms. The van der Waals surface area contributed by atoms with E-state index in [9.17, 15) is 4.79 Å². The van der Waals surface area contributed by atoms with E-state index in [1.165, 1.54) is 18.6 Å². The molecule has 0 saturated carbocycles. The third-order valence-corrected chi connectivity index (χ3v) is 5.61. The Morgan fingerprint density at radius 2 is 2.22 bits per heavy atom. The van der Waals surface area contributed by atoms with E-state index in [4.69, 9.17) is 5.11 Å². The zero-order chi connectivity index (χ0) is 13.0. The SMILES string of the molecule is CC1(CNC(=O)N2CCC(CO)CC2)CCCS1. The van der Waals surface area contributed by atoms with Crippen molar-refractivity contribution in [2.75, 3.05) is 32.0 Å². The van der Waals surface area contributed by atoms with Crippen molar-refractivity contribution >= 4 is 17.8 Å². The third-order valence-electron chi connectivity index (χ3n) is 4.07. The van der Waals surface area contributed by atoms with Gasteiger partial charge in [0, 0.05) is 31.0 Å². The molecule has 1 atom stereocenters. The summed E-state index contributed by atoms with van der Waals surface area (Å²) in [7, 11) is 0. The van der Waals surface area contributed by atoms with E-state index < -0.39 is 0 Å². The summed E-state index contributed by atoms with van der Waals surface area (Å²) in [6.45, 7) is 4.82. The molecule has 2 aliphatic heterocycles. The molecular weight excluding hydrogens is 248 g/mol. The minimum Gasteiger partial charge on any atom is -0.396 e. The van der Waals surface area contributed by atoms with Gasteiger partial charge in [-0.15, -0.1) is 0 Å². The Labute approximate surface area is 113 Å². The molecule has 0 aromatic heterocycles. The standard InChI is InChI=1S/C13H24N2O2S/c1-13(5-2-8-18-13)10-14-12(17)15-6-3-11(9-16)4-7-15/h11,16H,2-10H2,1H3,(H,14,17). The van der Waals surface area contributed by atoms with Gasteiger partial charge in [0.2, 0.25) is 0 Å². The molecule has 2 amide bonds. The summed E-state index contributed by atoms with van der Waals surface area (Å²) in [4.78, 5) is 13.9. The van der Waals surface area contributed by atoms with Gasteiger partial charge in [-0.3, -0.25) is 0 Å². The monoisotopic (exact) mass is 272 g/mol. The number of carbonyl (C=O) groups is 1. The van der Waals surface area contributed by atoms with Crippen LogP contribution in [0.3, 0.4) is 0 Å². The Balaban J connectivity index is 1.72. The van der Waals surface area contributed by atoms with Gasteiger partial charge in [0.1, 0.15) is 0 Å². The van der Waals surface area contributed by atoms with Gasteiger partial charge >= 0.3 is 6.03 Å². The predicted molar refractivity (Wildman–Crippen MR) is 74.9 cm³/mol. The lowest BCUT2D eigenvalue weighted by molar-refractivity contribution is 0.137. The molecule has 1 unspecified atom stereocenters. The molecule has 4 nitrogen and oxygen atoms in total. The number of likely N-dealkylation sites (tertiary alicyclic amines) is 1. The lowest BCUT2D eigenvalue weighted by Gasteiger charge is -2.32. The Kier molecular flexibility index (Phi) is 4.78. The number of thioether (sulfide) groups is 1. The van der Waals surface area contributed by atoms with Crippen molar-refractivity contribution < 1.29 is 9.90 Å². The number of hydrogen-bond acceptors (Lipinski definition) is 3. The highest BCUT2D eigenvalue weighted by Gasteiger charge is 2.30. The lowest BCUT2D eigenvalue weighted by atomic mass is 9.98. The number of piperidine rings is 1. The number of aliphatic hydroxyl groups excluding tert-OH is 1. The molecule has 2 N–H and O–H groups in total. The van der Waals surface area contributed by atoms with Gasteiger partial charge in [0.25, 0.3) is 0 Å². The zero-order valence-electron chi connectivity index (χ0n) is 11.2. The van der Waals surface area contributed by atoms with E-state index in [1.54, 1.807) is 0 Å². The summed E-state index contributed by atoms with van der Waals surface area (Å²) in [5, 5.41) is 12.1. The molecule has 2 aliphatic rings. The van der Waals surface area contributed by atoms with E-state index in [0.29, 0.717) is 5.92 Å². The molecule has 2 heterocycles. The average Bonchev–Trinajstić information content (AvgIpc) is 2.83. The van der Waals surface area contributed by atoms with Gasteiger partial charge in [0.05, 0.1) is 0 Å². The van der Waals surface area contributed by atoms with Crippen molar-refractivity contribution in [3.8, 4) is 0 Å². The Hall–Kier alpha value is -0.420. The second kappa shape index (κ2) is 6.15. The number of amides is 2. The average molecular weight is 272 g/mol. The number of aliphatic hydroxyl groups is 1. The fourth-order valence-electron chi connectivity index (χ4n) is 2.67. The summed E-state index contributed by atoms with van der Waals surface area (Å²) in [6.07, 6.45) is 4.31. The minimum absolute atomic E-state index is 0.0696. The molecule has 18 heavy (non-hydrogen) atoms. The van der Waals surface area contributed by atoms with E-state index in [0.717, 1.165) is 32.5 Å². The summed E-state index contributed by atoms with van der Waals surface area (Å²) >= 11 is 1.97. The molecule has 104 valence electrons. The van der Waals surface area contributed by atoms with Crippen LogP contribution in [0.1, 0.15) is 32.6 Å². The fraction of sp³-hybridized carbons (Fsp3) is 0.923. The van der Waals surface area contributed by atoms with Crippen LogP contribution in [0.2, 0.25) is 0 Å². The van der Waals surface area contributed by atoms with Crippen LogP contribution in [0.15, 0.2) is 0 Å². The predicted octanol–water partition coefficient (Wildman–Crippen LogP) is 1.69. The minimum atomic E-state index is 0.0696. The maximum Gasteiger partial charge on any atom is 0.317 e. The van der Waals surface area contributed by atoms with Gasteiger partial charge in [0.15, 0.2) is 0 Å². The third kappa shape index (κ3) is 3.54. The van der Waals surface area contributed by atoms with E-state index >= 15 is 0 Å². The van der Waals surface area contributed by atoms with Crippen molar-refractivity contribution in [3.63, 3.8) is 0 Å². The molecule has 0 aromatic rings. The second-order valence-corrected chi connectivity index (χ2v) is 7.36. The molecule has 2 fully saturated rings. The Morgan fingerprint density at radius 1 is 1.50 bits per heavy atom. The van der Waals surface area contributed by atoms with Crippen LogP contribution in [0.25, 0.3) is 0 Å². The van der Waals surface area contributed by atoms with Crippen LogP contribution < -0.4 is 5.32 Å². The molecule has 2 saturated heterocycles. The lowest BCUT2D eigenvalue weighted by Crippen LogP contribution is -2.48. The van der Waals surface area contributed by atoms with Crippen LogP contribution in [0.4, 0.5) is 4.79 Å². The highest BCUT2D eigenvalue weighted by atomic mass is 32.2. The molecule has 0 spiro atoms. The smallest absolute Gasteiger partial charge is 0.317 e. The van der Waals surface area contributed by atoms with Crippen LogP contribution in [0.5, 0.6) is 0 Å². The second-order valence-electron chi connectivity index (χ2n) is 5.67. The quantitative estimate of drug-likeness (QED) is 0.822. The van der Waals surface area contributed by atoms with Crippen LogP contribution in [-0.4, -0.2) is 52.8 Å². The molecule has 0 radical (unpaired) electrons. The number of carbonyl (C=O) groups excluding carboxylic acids is 1. The first kappa shape index (κ1) is 14.0. The first-order chi connectivity index (χ1) is 8.63. The summed E-state index contributed by atoms with van der Waals surface area (Å²) in [5.74, 6) is 1.60. The van der Waals surface area contributed by atoms with Gasteiger partial charge in [-0.05, 0) is 44.3 Å². The molecule has 0 bridgehead atoms. The summed E-state index contributed by atoms with van der Waals surface area (Å²) in [6, 6.07) is 0.0696. The largest absolute Gasteiger partial charge is 0.396 e. The summed E-state index contributed by atoms with van der Waals surface area (Å²) < 4.78 is 0.235. The van der Waals surface area contributed by atoms with Crippen LogP contribution >= 0.6 is 11.8 Å². The van der Waals surface area contributed by atoms with Crippen molar-refractivity contribution in [1.29, 1.82) is 0 Å². The van der Waals surface area contributed by atoms with Gasteiger partial charge in [-0.25, -0.2) is 4.79 Å². The highest BCUT2D eigenvalue weighted by molar-refractivity contribution is 8.00. The number of nitrogens with zero attached hydrogens (tertiary/aromatic N) is 1. The van der Waals surface area contributed by atoms with Crippen LogP contribution in [0, 0.1) is 5.92 Å². The topological polar surface area (TPSA) is 52.6 Å². The molecule has 2 rings (SSSR count). The van der Waals surface area contributed by atoms with Gasteiger partial charge in [-0.2, -0.15) is 11.8 Å². The van der Waals surface area contributed by atoms with Gasteiger partial charge < -0.3 is 15.3 Å². The molecule has 0 aromatic carbocycles. The highest BCUT2D eigenvalue weighted by Crippen LogP contribution is 2.36. The number of rotatable bonds is 3. The molecular formula is C13H24N2O2S. The van der Waals surface area contributed by atoms with Gasteiger partial charge in [-0.1, -0.05) is 0 Å². The van der Waals surface area contributed by atoms with Crippen molar-refractivity contribution in [2.45, 2.75) is 37.4 Å². The van der Waals surface area contributed by atoms with Crippen LogP contribution in [-0.2, 0) is 0 Å². The Morgan fingerprint density at radius 3 is 2.78 bits per heavy atom. The van der Waals surface area contributed by atoms with Crippen molar-refractivity contribution in [2.24, 2.45) is 5.92 Å². The first-order valence-electron chi connectivity index (χ1n) is 6.90. The maximum atomic E-state index is 12.0. The maximum absolute atomic E-state index is 12.0. The molecule has 0 aliphatic carbocycles. The van der Waals surface area contributed by atoms with E-state index in [-0.39, 0.29) is 17.4 Å². The first-order valence-corrected chi connectivity index (χ1v) is 7.89. The fourth-order valence-corrected chi connectivity index (χ4v) is 3.91.